The van der Waals surface area contributed by atoms with Crippen LogP contribution in [0.25, 0.3) is 10.9 Å². The van der Waals surface area contributed by atoms with Gasteiger partial charge in [0.15, 0.2) is 5.16 Å². The van der Waals surface area contributed by atoms with Gasteiger partial charge in [0.1, 0.15) is 5.78 Å². The molecule has 124 valence electrons. The number of fused-ring (bicyclic) bond motifs is 1. The van der Waals surface area contributed by atoms with E-state index in [0.717, 1.165) is 21.8 Å². The molecule has 6 heteroatoms. The number of ketones is 1. The van der Waals surface area contributed by atoms with Gasteiger partial charge in [0.25, 0.3) is 5.56 Å². The summed E-state index contributed by atoms with van der Waals surface area (Å²) >= 11 is 4.96. The second-order valence-corrected chi connectivity index (χ2v) is 8.00. The summed E-state index contributed by atoms with van der Waals surface area (Å²) in [5.41, 5.74) is 0.714. The molecule has 1 aromatic heterocycles. The monoisotopic (exact) mass is 396 g/mol. The normalized spacial score (nSPS) is 11.3. The number of halogens is 1. The van der Waals surface area contributed by atoms with Gasteiger partial charge in [-0.2, -0.15) is 0 Å². The van der Waals surface area contributed by atoms with Crippen molar-refractivity contribution in [2.45, 2.75) is 45.3 Å². The lowest BCUT2D eigenvalue weighted by molar-refractivity contribution is -0.117. The number of Topliss-reactive ketones (excluding diaryl/α,β-unsaturated/α-hetero) is 1. The zero-order valence-corrected chi connectivity index (χ0v) is 16.0. The average molecular weight is 397 g/mol. The summed E-state index contributed by atoms with van der Waals surface area (Å²) in [7, 11) is 0. The molecule has 0 N–H and O–H groups in total. The van der Waals surface area contributed by atoms with Gasteiger partial charge in [-0.3, -0.25) is 9.36 Å². The van der Waals surface area contributed by atoms with Crippen molar-refractivity contribution >= 4 is 44.4 Å². The molecular weight excluding hydrogens is 376 g/mol. The molecule has 0 aliphatic heterocycles. The largest absolute Gasteiger partial charge is 0.300 e. The van der Waals surface area contributed by atoms with E-state index >= 15 is 0 Å². The van der Waals surface area contributed by atoms with E-state index in [1.54, 1.807) is 23.3 Å². The summed E-state index contributed by atoms with van der Waals surface area (Å²) in [5, 5.41) is 1.37. The fraction of sp³-hybridized carbons (Fsp3) is 0.471. The summed E-state index contributed by atoms with van der Waals surface area (Å²) < 4.78 is 2.64. The molecule has 0 bridgehead atoms. The fourth-order valence-electron chi connectivity index (χ4n) is 2.29. The van der Waals surface area contributed by atoms with Crippen LogP contribution in [0.4, 0.5) is 0 Å². The highest BCUT2D eigenvalue weighted by atomic mass is 79.9. The Labute approximate surface area is 148 Å². The molecule has 0 atom stereocenters. The number of nitrogens with zero attached hydrogens (tertiary/aromatic N) is 2. The molecule has 0 fully saturated rings. The van der Waals surface area contributed by atoms with Gasteiger partial charge < -0.3 is 4.79 Å². The SMILES string of the molecule is CC(=O)CCCSc1nc2ccc(Br)cc2c(=O)n1CC(C)C. The van der Waals surface area contributed by atoms with Gasteiger partial charge >= 0.3 is 0 Å². The lowest BCUT2D eigenvalue weighted by atomic mass is 10.2. The van der Waals surface area contributed by atoms with Crippen LogP contribution in [-0.2, 0) is 11.3 Å². The molecule has 2 aromatic rings. The Hall–Kier alpha value is -1.14. The van der Waals surface area contributed by atoms with Gasteiger partial charge in [-0.25, -0.2) is 4.98 Å². The molecule has 1 heterocycles. The maximum Gasteiger partial charge on any atom is 0.262 e. The van der Waals surface area contributed by atoms with Crippen molar-refractivity contribution in [2.24, 2.45) is 5.92 Å². The first-order valence-electron chi connectivity index (χ1n) is 7.71. The van der Waals surface area contributed by atoms with Crippen molar-refractivity contribution in [3.8, 4) is 0 Å². The fourth-order valence-corrected chi connectivity index (χ4v) is 3.60. The number of benzene rings is 1. The minimum absolute atomic E-state index is 0.000863. The lowest BCUT2D eigenvalue weighted by Gasteiger charge is -2.15. The number of rotatable bonds is 7. The van der Waals surface area contributed by atoms with E-state index in [1.807, 2.05) is 18.2 Å². The zero-order chi connectivity index (χ0) is 17.0. The third kappa shape index (κ3) is 4.91. The maximum atomic E-state index is 12.8. The van der Waals surface area contributed by atoms with E-state index < -0.39 is 0 Å². The van der Waals surface area contributed by atoms with Crippen molar-refractivity contribution in [2.75, 3.05) is 5.75 Å². The number of hydrogen-bond donors (Lipinski definition) is 0. The molecule has 0 amide bonds. The van der Waals surface area contributed by atoms with Crippen LogP contribution in [0.15, 0.2) is 32.6 Å². The van der Waals surface area contributed by atoms with Crippen LogP contribution >= 0.6 is 27.7 Å². The van der Waals surface area contributed by atoms with Crippen molar-refractivity contribution in [1.29, 1.82) is 0 Å². The smallest absolute Gasteiger partial charge is 0.262 e. The first kappa shape index (κ1) is 18.2. The molecule has 4 nitrogen and oxygen atoms in total. The lowest BCUT2D eigenvalue weighted by Crippen LogP contribution is -2.25. The topological polar surface area (TPSA) is 52.0 Å². The highest BCUT2D eigenvalue weighted by Gasteiger charge is 2.13. The Balaban J connectivity index is 2.38. The van der Waals surface area contributed by atoms with Gasteiger partial charge in [-0.15, -0.1) is 0 Å². The first-order valence-corrected chi connectivity index (χ1v) is 9.48. The molecule has 0 saturated carbocycles. The van der Waals surface area contributed by atoms with Crippen LogP contribution in [0, 0.1) is 5.92 Å². The number of carbonyl (C=O) groups is 1. The molecule has 0 saturated heterocycles. The summed E-state index contributed by atoms with van der Waals surface area (Å²) in [6, 6.07) is 5.58. The Morgan fingerprint density at radius 3 is 2.78 bits per heavy atom. The number of aromatic nitrogens is 2. The summed E-state index contributed by atoms with van der Waals surface area (Å²) in [5.74, 6) is 1.34. The Bertz CT molecular complexity index is 771. The predicted octanol–water partition coefficient (Wildman–Crippen LogP) is 4.28. The minimum atomic E-state index is -0.000863. The average Bonchev–Trinajstić information content (AvgIpc) is 2.47. The van der Waals surface area contributed by atoms with Gasteiger partial charge in [-0.1, -0.05) is 41.5 Å². The van der Waals surface area contributed by atoms with Gasteiger partial charge in [0.05, 0.1) is 10.9 Å². The second kappa shape index (κ2) is 8.11. The van der Waals surface area contributed by atoms with Crippen LogP contribution < -0.4 is 5.56 Å². The quantitative estimate of drug-likeness (QED) is 0.398. The molecule has 0 unspecified atom stereocenters. The summed E-state index contributed by atoms with van der Waals surface area (Å²) in [6.45, 7) is 6.41. The maximum absolute atomic E-state index is 12.8. The van der Waals surface area contributed by atoms with Gasteiger partial charge in [-0.05, 0) is 37.5 Å². The van der Waals surface area contributed by atoms with Crippen molar-refractivity contribution < 1.29 is 4.79 Å². The molecule has 0 aliphatic carbocycles. The minimum Gasteiger partial charge on any atom is -0.300 e. The molecule has 2 rings (SSSR count). The van der Waals surface area contributed by atoms with Crippen molar-refractivity contribution in [3.05, 3.63) is 33.0 Å². The van der Waals surface area contributed by atoms with E-state index in [9.17, 15) is 9.59 Å². The van der Waals surface area contributed by atoms with Crippen molar-refractivity contribution in [3.63, 3.8) is 0 Å². The van der Waals surface area contributed by atoms with Crippen LogP contribution in [-0.4, -0.2) is 21.1 Å². The number of hydrogen-bond acceptors (Lipinski definition) is 4. The third-order valence-electron chi connectivity index (χ3n) is 3.33. The van der Waals surface area contributed by atoms with Crippen LogP contribution in [0.5, 0.6) is 0 Å². The Morgan fingerprint density at radius 1 is 1.39 bits per heavy atom. The summed E-state index contributed by atoms with van der Waals surface area (Å²) in [6.07, 6.45) is 1.37. The highest BCUT2D eigenvalue weighted by molar-refractivity contribution is 9.10. The standard InChI is InChI=1S/C17H21BrN2O2S/c1-11(2)10-20-16(22)14-9-13(18)6-7-15(14)19-17(20)23-8-4-5-12(3)21/h6-7,9,11H,4-5,8,10H2,1-3H3. The Morgan fingerprint density at radius 2 is 2.13 bits per heavy atom. The molecular formula is C17H21BrN2O2S. The first-order chi connectivity index (χ1) is 10.9. The molecule has 0 aliphatic rings. The van der Waals surface area contributed by atoms with E-state index in [2.05, 4.69) is 34.8 Å². The predicted molar refractivity (Wildman–Crippen MR) is 99.2 cm³/mol. The van der Waals surface area contributed by atoms with E-state index in [0.29, 0.717) is 29.8 Å². The van der Waals surface area contributed by atoms with E-state index in [1.165, 1.54) is 0 Å². The van der Waals surface area contributed by atoms with Crippen LogP contribution in [0.2, 0.25) is 0 Å². The van der Waals surface area contributed by atoms with Crippen LogP contribution in [0.1, 0.15) is 33.6 Å². The van der Waals surface area contributed by atoms with Gasteiger partial charge in [0.2, 0.25) is 0 Å². The molecule has 23 heavy (non-hydrogen) atoms. The molecule has 0 spiro atoms. The van der Waals surface area contributed by atoms with Crippen LogP contribution in [0.3, 0.4) is 0 Å². The second-order valence-electron chi connectivity index (χ2n) is 6.02. The Kier molecular flexibility index (Phi) is 6.41. The van der Waals surface area contributed by atoms with E-state index in [-0.39, 0.29) is 11.3 Å². The highest BCUT2D eigenvalue weighted by Crippen LogP contribution is 2.22. The summed E-state index contributed by atoms with van der Waals surface area (Å²) in [4.78, 5) is 28.5. The van der Waals surface area contributed by atoms with Crippen molar-refractivity contribution in [1.82, 2.24) is 9.55 Å². The molecule has 0 radical (unpaired) electrons. The number of carbonyl (C=O) groups excluding carboxylic acids is 1. The third-order valence-corrected chi connectivity index (χ3v) is 4.89. The molecule has 1 aromatic carbocycles. The number of thioether (sulfide) groups is 1. The zero-order valence-electron chi connectivity index (χ0n) is 13.6. The van der Waals surface area contributed by atoms with Gasteiger partial charge in [0, 0.05) is 23.2 Å². The van der Waals surface area contributed by atoms with E-state index in [4.69, 9.17) is 0 Å².